The summed E-state index contributed by atoms with van der Waals surface area (Å²) in [7, 11) is 0. The van der Waals surface area contributed by atoms with Crippen molar-refractivity contribution in [2.75, 3.05) is 0 Å². The molecule has 0 heterocycles. The molecule has 196 valence electrons. The molecule has 0 radical (unpaired) electrons. The third kappa shape index (κ3) is 8.75. The van der Waals surface area contributed by atoms with Crippen molar-refractivity contribution in [1.82, 2.24) is 10.2 Å². The highest BCUT2D eigenvalue weighted by Crippen LogP contribution is 2.20. The van der Waals surface area contributed by atoms with Gasteiger partial charge in [0.05, 0.1) is 0 Å². The molecule has 2 atom stereocenters. The van der Waals surface area contributed by atoms with Gasteiger partial charge in [0.2, 0.25) is 11.8 Å². The van der Waals surface area contributed by atoms with E-state index in [0.717, 1.165) is 23.1 Å². The minimum Gasteiger partial charge on any atom is -0.352 e. The van der Waals surface area contributed by atoms with Gasteiger partial charge in [-0.25, -0.2) is 0 Å². The van der Waals surface area contributed by atoms with E-state index in [2.05, 4.69) is 43.4 Å². The maximum Gasteiger partial charge on any atom is 0.243 e. The molecular weight excluding hydrogens is 480 g/mol. The molecule has 37 heavy (non-hydrogen) atoms. The van der Waals surface area contributed by atoms with Crippen LogP contribution in [0.2, 0.25) is 5.02 Å². The second kappa shape index (κ2) is 14.0. The minimum absolute atomic E-state index is 0.0216. The second-order valence-electron chi connectivity index (χ2n) is 10.1. The third-order valence-electron chi connectivity index (χ3n) is 6.79. The van der Waals surface area contributed by atoms with E-state index in [1.165, 1.54) is 5.56 Å². The first-order valence-electron chi connectivity index (χ1n) is 13.2. The van der Waals surface area contributed by atoms with Crippen LogP contribution in [-0.2, 0) is 29.0 Å². The smallest absolute Gasteiger partial charge is 0.243 e. The molecule has 0 aliphatic heterocycles. The Labute approximate surface area is 227 Å². The Morgan fingerprint density at radius 1 is 0.865 bits per heavy atom. The summed E-state index contributed by atoms with van der Waals surface area (Å²) in [5, 5.41) is 3.72. The third-order valence-corrected chi connectivity index (χ3v) is 7.02. The van der Waals surface area contributed by atoms with Crippen LogP contribution in [-0.4, -0.2) is 28.8 Å². The average molecular weight is 519 g/mol. The predicted octanol–water partition coefficient (Wildman–Crippen LogP) is 6.95. The second-order valence-corrected chi connectivity index (χ2v) is 10.5. The first kappa shape index (κ1) is 28.5. The molecule has 0 spiro atoms. The molecule has 3 rings (SSSR count). The number of nitrogens with zero attached hydrogens (tertiary/aromatic N) is 1. The molecule has 0 unspecified atom stereocenters. The lowest BCUT2D eigenvalue weighted by Crippen LogP contribution is -2.52. The summed E-state index contributed by atoms with van der Waals surface area (Å²) >= 11 is 6.26. The number of carbonyl (C=O) groups is 2. The van der Waals surface area contributed by atoms with Crippen molar-refractivity contribution in [3.05, 3.63) is 106 Å². The molecule has 4 nitrogen and oxygen atoms in total. The maximum absolute atomic E-state index is 13.8. The molecule has 0 bridgehead atoms. The van der Waals surface area contributed by atoms with Crippen LogP contribution in [0.15, 0.2) is 78.9 Å². The number of hydrogen-bond acceptors (Lipinski definition) is 2. The van der Waals surface area contributed by atoms with Crippen LogP contribution in [0.1, 0.15) is 68.7 Å². The van der Waals surface area contributed by atoms with Crippen LogP contribution in [0.5, 0.6) is 0 Å². The number of halogens is 1. The summed E-state index contributed by atoms with van der Waals surface area (Å²) in [6, 6.07) is 25.2. The Morgan fingerprint density at radius 2 is 1.54 bits per heavy atom. The highest BCUT2D eigenvalue weighted by molar-refractivity contribution is 6.30. The summed E-state index contributed by atoms with van der Waals surface area (Å²) in [4.78, 5) is 29.1. The summed E-state index contributed by atoms with van der Waals surface area (Å²) in [6.07, 6.45) is 2.20. The van der Waals surface area contributed by atoms with Crippen molar-refractivity contribution in [3.8, 4) is 0 Å². The van der Waals surface area contributed by atoms with Gasteiger partial charge in [0.15, 0.2) is 0 Å². The molecule has 0 aromatic heterocycles. The first-order chi connectivity index (χ1) is 17.8. The number of rotatable bonds is 12. The van der Waals surface area contributed by atoms with E-state index in [4.69, 9.17) is 11.6 Å². The Morgan fingerprint density at radius 3 is 2.16 bits per heavy atom. The normalized spacial score (nSPS) is 12.7. The Kier molecular flexibility index (Phi) is 10.8. The van der Waals surface area contributed by atoms with Gasteiger partial charge in [0.1, 0.15) is 6.04 Å². The molecule has 0 saturated heterocycles. The summed E-state index contributed by atoms with van der Waals surface area (Å²) in [6.45, 7) is 8.68. The molecule has 0 saturated carbocycles. The van der Waals surface area contributed by atoms with Gasteiger partial charge in [-0.05, 0) is 60.1 Å². The van der Waals surface area contributed by atoms with E-state index in [9.17, 15) is 9.59 Å². The van der Waals surface area contributed by atoms with Crippen molar-refractivity contribution >= 4 is 23.4 Å². The van der Waals surface area contributed by atoms with E-state index >= 15 is 0 Å². The van der Waals surface area contributed by atoms with Gasteiger partial charge in [-0.15, -0.1) is 0 Å². The Bertz CT molecular complexity index is 1140. The SMILES string of the molecule is CC[C@@H](C)NC(=O)[C@@H](Cc1ccccc1)N(Cc1cccc(Cl)c1)C(=O)CCc1ccc(C(C)C)cc1. The molecule has 3 aromatic carbocycles. The lowest BCUT2D eigenvalue weighted by atomic mass is 9.99. The number of carbonyl (C=O) groups excluding carboxylic acids is 2. The quantitative estimate of drug-likeness (QED) is 0.282. The zero-order chi connectivity index (χ0) is 26.8. The lowest BCUT2D eigenvalue weighted by molar-refractivity contribution is -0.141. The maximum atomic E-state index is 13.8. The predicted molar refractivity (Wildman–Crippen MR) is 153 cm³/mol. The van der Waals surface area contributed by atoms with E-state index in [0.29, 0.717) is 36.7 Å². The van der Waals surface area contributed by atoms with Gasteiger partial charge in [-0.2, -0.15) is 0 Å². The van der Waals surface area contributed by atoms with Crippen LogP contribution >= 0.6 is 11.6 Å². The molecule has 2 amide bonds. The van der Waals surface area contributed by atoms with E-state index in [1.807, 2.05) is 68.4 Å². The largest absolute Gasteiger partial charge is 0.352 e. The van der Waals surface area contributed by atoms with Gasteiger partial charge < -0.3 is 10.2 Å². The van der Waals surface area contributed by atoms with Gasteiger partial charge >= 0.3 is 0 Å². The highest BCUT2D eigenvalue weighted by atomic mass is 35.5. The molecule has 0 aliphatic carbocycles. The van der Waals surface area contributed by atoms with E-state index in [-0.39, 0.29) is 17.9 Å². The van der Waals surface area contributed by atoms with E-state index in [1.54, 1.807) is 4.90 Å². The number of nitrogens with one attached hydrogen (secondary N) is 1. The van der Waals surface area contributed by atoms with Gasteiger partial charge in [0, 0.05) is 30.5 Å². The van der Waals surface area contributed by atoms with E-state index < -0.39 is 6.04 Å². The minimum atomic E-state index is -0.633. The standard InChI is InChI=1S/C32H39ClN2O2/c1-5-24(4)34-32(37)30(21-26-10-7-6-8-11-26)35(22-27-12-9-13-29(33)20-27)31(36)19-16-25-14-17-28(18-15-25)23(2)3/h6-15,17-18,20,23-24,30H,5,16,19,21-22H2,1-4H3,(H,34,37)/t24-,30-/m1/s1. The van der Waals surface area contributed by atoms with Crippen LogP contribution in [0.25, 0.3) is 0 Å². The van der Waals surface area contributed by atoms with Gasteiger partial charge in [0.25, 0.3) is 0 Å². The Hall–Kier alpha value is -3.11. The molecule has 5 heteroatoms. The first-order valence-corrected chi connectivity index (χ1v) is 13.6. The molecule has 0 aliphatic rings. The number of hydrogen-bond donors (Lipinski definition) is 1. The fraction of sp³-hybridized carbons (Fsp3) is 0.375. The van der Waals surface area contributed by atoms with Crippen LogP contribution < -0.4 is 5.32 Å². The van der Waals surface area contributed by atoms with Crippen molar-refractivity contribution in [2.24, 2.45) is 0 Å². The number of amides is 2. The lowest BCUT2D eigenvalue weighted by Gasteiger charge is -2.32. The van der Waals surface area contributed by atoms with Gasteiger partial charge in [-0.3, -0.25) is 9.59 Å². The molecule has 3 aromatic rings. The zero-order valence-corrected chi connectivity index (χ0v) is 23.2. The monoisotopic (exact) mass is 518 g/mol. The van der Waals surface area contributed by atoms with Crippen LogP contribution in [0, 0.1) is 0 Å². The fourth-order valence-corrected chi connectivity index (χ4v) is 4.50. The van der Waals surface area contributed by atoms with Crippen molar-refractivity contribution < 1.29 is 9.59 Å². The van der Waals surface area contributed by atoms with Crippen LogP contribution in [0.4, 0.5) is 0 Å². The highest BCUT2D eigenvalue weighted by Gasteiger charge is 2.30. The van der Waals surface area contributed by atoms with Gasteiger partial charge in [-0.1, -0.05) is 99.1 Å². The Balaban J connectivity index is 1.89. The van der Waals surface area contributed by atoms with Crippen LogP contribution in [0.3, 0.4) is 0 Å². The summed E-state index contributed by atoms with van der Waals surface area (Å²) in [5.74, 6) is 0.287. The topological polar surface area (TPSA) is 49.4 Å². The van der Waals surface area contributed by atoms with Crippen molar-refractivity contribution in [2.45, 2.75) is 77.9 Å². The zero-order valence-electron chi connectivity index (χ0n) is 22.4. The van der Waals surface area contributed by atoms with Crippen molar-refractivity contribution in [3.63, 3.8) is 0 Å². The number of aryl methyl sites for hydroxylation is 1. The average Bonchev–Trinajstić information content (AvgIpc) is 2.90. The summed E-state index contributed by atoms with van der Waals surface area (Å²) < 4.78 is 0. The fourth-order valence-electron chi connectivity index (χ4n) is 4.29. The summed E-state index contributed by atoms with van der Waals surface area (Å²) in [5.41, 5.74) is 4.31. The molecule has 0 fully saturated rings. The van der Waals surface area contributed by atoms with Crippen molar-refractivity contribution in [1.29, 1.82) is 0 Å². The molecule has 1 N–H and O–H groups in total. The number of benzene rings is 3. The molecular formula is C32H39ClN2O2.